The van der Waals surface area contributed by atoms with E-state index in [0.717, 1.165) is 97.1 Å². The van der Waals surface area contributed by atoms with E-state index in [1.165, 1.54) is 0 Å². The number of halogens is 6. The molecule has 4 heterocycles. The summed E-state index contributed by atoms with van der Waals surface area (Å²) < 4.78 is 3.01. The molecule has 0 aliphatic rings. The van der Waals surface area contributed by atoms with Crippen LogP contribution in [0.3, 0.4) is 0 Å². The summed E-state index contributed by atoms with van der Waals surface area (Å²) in [5.74, 6) is -1.29. The van der Waals surface area contributed by atoms with E-state index in [4.69, 9.17) is 69.6 Å². The van der Waals surface area contributed by atoms with Gasteiger partial charge in [-0.2, -0.15) is 0 Å². The number of hydrogen-bond donors (Lipinski definition) is 2. The summed E-state index contributed by atoms with van der Waals surface area (Å²) in [5, 5.41) is 28.3. The van der Waals surface area contributed by atoms with Crippen molar-refractivity contribution in [3.63, 3.8) is 0 Å². The number of fused-ring (bicyclic) bond motifs is 4. The number of aromatic hydroxyl groups is 2. The standard InChI is InChI=1S/C55H30Cl6O4S4/c1-24-48-31(41(28-13-16-35(56)38(59)19-28)52(66-48)26-9-5-3-6-10-26)22-33-46(62)44(54(64)68-50(24)33)43(30-15-18-37(58)40(61)21-30)45-47(63)34-23-32-42(29-14-17-36(57)39(60)20-29)53(27-11-7-4-8-12-27)67-49(32)25(2)51(34)69-55(45)65/h3-23,43,64-65H,1-2H3. The number of thiophene rings is 2. The third kappa shape index (κ3) is 7.76. The van der Waals surface area contributed by atoms with Gasteiger partial charge in [-0.3, -0.25) is 9.59 Å². The Morgan fingerprint density at radius 3 is 1.17 bits per heavy atom. The van der Waals surface area contributed by atoms with Gasteiger partial charge in [0.25, 0.3) is 0 Å². The van der Waals surface area contributed by atoms with Gasteiger partial charge in [-0.1, -0.05) is 171 Å². The summed E-state index contributed by atoms with van der Waals surface area (Å²) in [5.41, 5.74) is 6.07. The lowest BCUT2D eigenvalue weighted by molar-refractivity contribution is 0.473. The van der Waals surface area contributed by atoms with E-state index in [1.807, 2.05) is 111 Å². The van der Waals surface area contributed by atoms with E-state index in [-0.39, 0.29) is 31.3 Å². The number of aryl methyl sites for hydroxylation is 2. The minimum Gasteiger partial charge on any atom is -0.499 e. The van der Waals surface area contributed by atoms with Gasteiger partial charge in [0.1, 0.15) is 0 Å². The summed E-state index contributed by atoms with van der Waals surface area (Å²) in [6.07, 6.45) is 0. The molecule has 4 aromatic heterocycles. The van der Waals surface area contributed by atoms with E-state index in [0.29, 0.717) is 45.8 Å². The zero-order valence-electron chi connectivity index (χ0n) is 35.8. The molecule has 0 fully saturated rings. The van der Waals surface area contributed by atoms with Gasteiger partial charge < -0.3 is 10.2 Å². The van der Waals surface area contributed by atoms with E-state index < -0.39 is 16.8 Å². The van der Waals surface area contributed by atoms with Crippen LogP contribution in [-0.4, -0.2) is 10.2 Å². The fourth-order valence-electron chi connectivity index (χ4n) is 9.28. The van der Waals surface area contributed by atoms with Crippen molar-refractivity contribution in [2.24, 2.45) is 0 Å². The van der Waals surface area contributed by atoms with E-state index >= 15 is 9.59 Å². The van der Waals surface area contributed by atoms with Gasteiger partial charge in [-0.05, 0) is 101 Å². The Hall–Kier alpha value is -4.94. The number of hydrogen-bond acceptors (Lipinski definition) is 8. The van der Waals surface area contributed by atoms with Crippen LogP contribution in [0.15, 0.2) is 137 Å². The molecule has 11 aromatic rings. The summed E-state index contributed by atoms with van der Waals surface area (Å²) >= 11 is 44.6. The monoisotopic (exact) mass is 1090 g/mol. The van der Waals surface area contributed by atoms with Crippen LogP contribution in [0.4, 0.5) is 0 Å². The molecule has 4 nitrogen and oxygen atoms in total. The van der Waals surface area contributed by atoms with Gasteiger partial charge in [-0.25, -0.2) is 0 Å². The van der Waals surface area contributed by atoms with E-state index in [2.05, 4.69) is 0 Å². The van der Waals surface area contributed by atoms with Crippen molar-refractivity contribution in [2.75, 3.05) is 0 Å². The van der Waals surface area contributed by atoms with Crippen LogP contribution in [0.25, 0.3) is 83.5 Å². The van der Waals surface area contributed by atoms with Crippen molar-refractivity contribution < 1.29 is 10.2 Å². The molecular formula is C55H30Cl6O4S4. The van der Waals surface area contributed by atoms with Crippen LogP contribution in [0.2, 0.25) is 30.1 Å². The van der Waals surface area contributed by atoms with E-state index in [1.54, 1.807) is 53.0 Å². The molecular weight excluding hydrogens is 1070 g/mol. The predicted molar refractivity (Wildman–Crippen MR) is 299 cm³/mol. The molecule has 2 N–H and O–H groups in total. The molecule has 14 heteroatoms. The number of rotatable bonds is 7. The second-order valence-corrected chi connectivity index (χ2v) is 23.0. The molecule has 0 bridgehead atoms. The SMILES string of the molecule is Cc1c2sc(-c3ccccc3)c(-c3ccc(Cl)c(Cl)c3)c2cc2c(=O)c(C(c3ccc(Cl)c(Cl)c3)c3c(O)sc4c(C)c5sc(-c6ccccc6)c(-c6ccc(Cl)c(Cl)c6)c5cc4c3=O)c(O)sc12. The Morgan fingerprint density at radius 1 is 0.406 bits per heavy atom. The van der Waals surface area contributed by atoms with Crippen molar-refractivity contribution in [2.45, 2.75) is 19.8 Å². The van der Waals surface area contributed by atoms with Gasteiger partial charge in [-0.15, -0.1) is 22.7 Å². The first kappa shape index (κ1) is 46.4. The van der Waals surface area contributed by atoms with Crippen molar-refractivity contribution in [3.05, 3.63) is 206 Å². The van der Waals surface area contributed by atoms with Gasteiger partial charge in [0.05, 0.1) is 47.2 Å². The van der Waals surface area contributed by atoms with Crippen LogP contribution < -0.4 is 10.9 Å². The second-order valence-electron chi connectivity index (χ2n) is 16.5. The molecule has 0 radical (unpaired) electrons. The van der Waals surface area contributed by atoms with E-state index in [9.17, 15) is 10.2 Å². The fourth-order valence-corrected chi connectivity index (χ4v) is 15.0. The molecule has 0 atom stereocenters. The van der Waals surface area contributed by atoms with Gasteiger partial charge >= 0.3 is 0 Å². The molecule has 0 aliphatic carbocycles. The van der Waals surface area contributed by atoms with Crippen LogP contribution in [0, 0.1) is 13.8 Å². The topological polar surface area (TPSA) is 74.6 Å². The molecule has 11 rings (SSSR count). The van der Waals surface area contributed by atoms with Gasteiger partial charge in [0.15, 0.2) is 21.0 Å². The Morgan fingerprint density at radius 2 is 0.783 bits per heavy atom. The Balaban J connectivity index is 1.21. The smallest absolute Gasteiger partial charge is 0.196 e. The fraction of sp³-hybridized carbons (Fsp3) is 0.0545. The van der Waals surface area contributed by atoms with Crippen molar-refractivity contribution in [3.8, 4) is 53.3 Å². The molecule has 340 valence electrons. The van der Waals surface area contributed by atoms with Gasteiger partial charge in [0.2, 0.25) is 0 Å². The first-order valence-corrected chi connectivity index (χ1v) is 26.7. The van der Waals surface area contributed by atoms with Gasteiger partial charge in [0, 0.05) is 61.2 Å². The highest BCUT2D eigenvalue weighted by molar-refractivity contribution is 7.25. The maximum Gasteiger partial charge on any atom is 0.196 e. The summed E-state index contributed by atoms with van der Waals surface area (Å²) in [6, 6.07) is 39.4. The molecule has 69 heavy (non-hydrogen) atoms. The maximum atomic E-state index is 15.6. The van der Waals surface area contributed by atoms with Crippen LogP contribution in [0.5, 0.6) is 10.1 Å². The Kier molecular flexibility index (Phi) is 12.1. The third-order valence-electron chi connectivity index (χ3n) is 12.5. The lowest BCUT2D eigenvalue weighted by atomic mass is 9.85. The molecule has 0 saturated heterocycles. The highest BCUT2D eigenvalue weighted by Crippen LogP contribution is 2.53. The molecule has 0 unspecified atom stereocenters. The summed E-state index contributed by atoms with van der Waals surface area (Å²) in [6.45, 7) is 3.88. The quantitative estimate of drug-likeness (QED) is 0.167. The lowest BCUT2D eigenvalue weighted by Crippen LogP contribution is -2.21. The zero-order chi connectivity index (χ0) is 48.2. The lowest BCUT2D eigenvalue weighted by Gasteiger charge is -2.21. The average Bonchev–Trinajstić information content (AvgIpc) is 3.93. The minimum absolute atomic E-state index is 0.0885. The molecule has 0 spiro atoms. The minimum atomic E-state index is -1.29. The Labute approximate surface area is 440 Å². The summed E-state index contributed by atoms with van der Waals surface area (Å²) in [4.78, 5) is 33.1. The largest absolute Gasteiger partial charge is 0.499 e. The first-order chi connectivity index (χ1) is 33.2. The van der Waals surface area contributed by atoms with Crippen LogP contribution in [-0.2, 0) is 0 Å². The molecule has 0 saturated carbocycles. The maximum absolute atomic E-state index is 15.6. The predicted octanol–water partition coefficient (Wildman–Crippen LogP) is 19.1. The van der Waals surface area contributed by atoms with Crippen LogP contribution >= 0.6 is 115 Å². The zero-order valence-corrected chi connectivity index (χ0v) is 43.6. The number of benzene rings is 7. The first-order valence-electron chi connectivity index (χ1n) is 21.2. The van der Waals surface area contributed by atoms with Crippen LogP contribution in [0.1, 0.15) is 33.7 Å². The normalized spacial score (nSPS) is 11.8. The highest BCUT2D eigenvalue weighted by atomic mass is 35.5. The summed E-state index contributed by atoms with van der Waals surface area (Å²) in [7, 11) is 0. The average molecular weight is 1100 g/mol. The Bertz CT molecular complexity index is 3850. The third-order valence-corrected chi connectivity index (χ3v) is 19.8. The highest BCUT2D eigenvalue weighted by Gasteiger charge is 2.33. The van der Waals surface area contributed by atoms with Crippen molar-refractivity contribution >= 4 is 155 Å². The second kappa shape index (κ2) is 18.0. The van der Waals surface area contributed by atoms with Crippen molar-refractivity contribution in [1.29, 1.82) is 0 Å². The molecule has 7 aromatic carbocycles. The molecule has 0 amide bonds. The molecule has 0 aliphatic heterocycles. The van der Waals surface area contributed by atoms with Crippen molar-refractivity contribution in [1.82, 2.24) is 0 Å².